The van der Waals surface area contributed by atoms with Crippen molar-refractivity contribution in [3.8, 4) is 16.9 Å². The van der Waals surface area contributed by atoms with Crippen molar-refractivity contribution >= 4 is 0 Å². The molecule has 0 bridgehead atoms. The highest BCUT2D eigenvalue weighted by Crippen LogP contribution is 2.22. The van der Waals surface area contributed by atoms with Crippen molar-refractivity contribution < 1.29 is 4.74 Å². The lowest BCUT2D eigenvalue weighted by Crippen LogP contribution is -2.05. The molecule has 3 nitrogen and oxygen atoms in total. The van der Waals surface area contributed by atoms with Gasteiger partial charge >= 0.3 is 0 Å². The standard InChI is InChI=1S/C14H16N2O/c15-7-3-9-17-14-6-1-4-12(10-14)13-5-2-8-16-11-13/h1-2,4-6,8,10-11H,3,7,9,15H2. The first-order chi connectivity index (χ1) is 8.40. The monoisotopic (exact) mass is 228 g/mol. The summed E-state index contributed by atoms with van der Waals surface area (Å²) >= 11 is 0. The van der Waals surface area contributed by atoms with Crippen LogP contribution in [-0.4, -0.2) is 18.1 Å². The molecule has 17 heavy (non-hydrogen) atoms. The molecule has 0 saturated carbocycles. The van der Waals surface area contributed by atoms with Crippen LogP contribution in [0.2, 0.25) is 0 Å². The van der Waals surface area contributed by atoms with E-state index in [1.807, 2.05) is 42.6 Å². The molecule has 1 aromatic heterocycles. The fraction of sp³-hybridized carbons (Fsp3) is 0.214. The molecule has 88 valence electrons. The third-order valence-electron chi connectivity index (χ3n) is 2.45. The van der Waals surface area contributed by atoms with Crippen LogP contribution in [0.1, 0.15) is 6.42 Å². The molecule has 3 heteroatoms. The third kappa shape index (κ3) is 3.29. The fourth-order valence-electron chi connectivity index (χ4n) is 1.57. The van der Waals surface area contributed by atoms with Gasteiger partial charge in [-0.1, -0.05) is 18.2 Å². The van der Waals surface area contributed by atoms with E-state index in [0.717, 1.165) is 23.3 Å². The van der Waals surface area contributed by atoms with Crippen LogP contribution in [0.4, 0.5) is 0 Å². The maximum absolute atomic E-state index is 5.61. The van der Waals surface area contributed by atoms with Crippen molar-refractivity contribution in [3.05, 3.63) is 48.8 Å². The number of hydrogen-bond acceptors (Lipinski definition) is 3. The summed E-state index contributed by atoms with van der Waals surface area (Å²) in [6.07, 6.45) is 4.49. The van der Waals surface area contributed by atoms with E-state index in [-0.39, 0.29) is 0 Å². The highest BCUT2D eigenvalue weighted by atomic mass is 16.5. The number of benzene rings is 1. The number of rotatable bonds is 5. The Kier molecular flexibility index (Phi) is 4.11. The summed E-state index contributed by atoms with van der Waals surface area (Å²) < 4.78 is 5.61. The molecule has 0 atom stereocenters. The van der Waals surface area contributed by atoms with Gasteiger partial charge in [-0.2, -0.15) is 0 Å². The minimum atomic E-state index is 0.655. The number of hydrogen-bond donors (Lipinski definition) is 1. The Morgan fingerprint density at radius 2 is 2.00 bits per heavy atom. The number of nitrogens with two attached hydrogens (primary N) is 1. The van der Waals surface area contributed by atoms with Crippen LogP contribution in [-0.2, 0) is 0 Å². The van der Waals surface area contributed by atoms with Gasteiger partial charge in [0.1, 0.15) is 5.75 Å². The second kappa shape index (κ2) is 6.01. The summed E-state index contributed by atoms with van der Waals surface area (Å²) in [4.78, 5) is 4.11. The molecule has 0 spiro atoms. The summed E-state index contributed by atoms with van der Waals surface area (Å²) in [5.74, 6) is 0.875. The molecule has 0 aliphatic rings. The lowest BCUT2D eigenvalue weighted by Gasteiger charge is -2.07. The van der Waals surface area contributed by atoms with Gasteiger partial charge in [0.25, 0.3) is 0 Å². The number of pyridine rings is 1. The number of ether oxygens (including phenoxy) is 1. The van der Waals surface area contributed by atoms with Crippen molar-refractivity contribution in [1.82, 2.24) is 4.98 Å². The summed E-state index contributed by atoms with van der Waals surface area (Å²) in [6, 6.07) is 12.0. The Hall–Kier alpha value is -1.87. The summed E-state index contributed by atoms with van der Waals surface area (Å²) in [7, 11) is 0. The first-order valence-electron chi connectivity index (χ1n) is 5.73. The van der Waals surface area contributed by atoms with E-state index in [1.54, 1.807) is 6.20 Å². The quantitative estimate of drug-likeness (QED) is 0.800. The summed E-state index contributed by atoms with van der Waals surface area (Å²) in [5.41, 5.74) is 7.63. The number of aromatic nitrogens is 1. The van der Waals surface area contributed by atoms with Crippen molar-refractivity contribution in [3.63, 3.8) is 0 Å². The van der Waals surface area contributed by atoms with Gasteiger partial charge in [-0.25, -0.2) is 0 Å². The van der Waals surface area contributed by atoms with Gasteiger partial charge in [-0.15, -0.1) is 0 Å². The van der Waals surface area contributed by atoms with Crippen LogP contribution >= 0.6 is 0 Å². The molecule has 0 saturated heterocycles. The summed E-state index contributed by atoms with van der Waals surface area (Å²) in [5, 5.41) is 0. The Balaban J connectivity index is 2.12. The highest BCUT2D eigenvalue weighted by molar-refractivity contribution is 5.63. The van der Waals surface area contributed by atoms with E-state index in [2.05, 4.69) is 4.98 Å². The third-order valence-corrected chi connectivity index (χ3v) is 2.45. The minimum absolute atomic E-state index is 0.655. The first-order valence-corrected chi connectivity index (χ1v) is 5.73. The molecule has 2 aromatic rings. The van der Waals surface area contributed by atoms with E-state index < -0.39 is 0 Å². The fourth-order valence-corrected chi connectivity index (χ4v) is 1.57. The van der Waals surface area contributed by atoms with Gasteiger partial charge in [0.2, 0.25) is 0 Å². The second-order valence-corrected chi connectivity index (χ2v) is 3.76. The average molecular weight is 228 g/mol. The van der Waals surface area contributed by atoms with Crippen LogP contribution in [0, 0.1) is 0 Å². The van der Waals surface area contributed by atoms with Gasteiger partial charge in [-0.3, -0.25) is 4.98 Å². The molecule has 0 unspecified atom stereocenters. The Morgan fingerprint density at radius 1 is 1.12 bits per heavy atom. The van der Waals surface area contributed by atoms with Crippen molar-refractivity contribution in [1.29, 1.82) is 0 Å². The van der Waals surface area contributed by atoms with Gasteiger partial charge in [-0.05, 0) is 36.7 Å². The number of nitrogens with zero attached hydrogens (tertiary/aromatic N) is 1. The molecule has 0 fully saturated rings. The van der Waals surface area contributed by atoms with Crippen molar-refractivity contribution in [2.45, 2.75) is 6.42 Å². The minimum Gasteiger partial charge on any atom is -0.494 e. The Morgan fingerprint density at radius 3 is 2.76 bits per heavy atom. The van der Waals surface area contributed by atoms with Crippen LogP contribution in [0.3, 0.4) is 0 Å². The van der Waals surface area contributed by atoms with Crippen LogP contribution in [0.25, 0.3) is 11.1 Å². The van der Waals surface area contributed by atoms with Gasteiger partial charge in [0, 0.05) is 18.0 Å². The first kappa shape index (κ1) is 11.6. The van der Waals surface area contributed by atoms with E-state index in [0.29, 0.717) is 13.2 Å². The second-order valence-electron chi connectivity index (χ2n) is 3.76. The predicted octanol–water partition coefficient (Wildman–Crippen LogP) is 2.48. The van der Waals surface area contributed by atoms with Crippen LogP contribution in [0.15, 0.2) is 48.8 Å². The molecule has 1 heterocycles. The topological polar surface area (TPSA) is 48.1 Å². The molecule has 0 aliphatic heterocycles. The molecule has 2 N–H and O–H groups in total. The smallest absolute Gasteiger partial charge is 0.119 e. The molecule has 1 aromatic carbocycles. The normalized spacial score (nSPS) is 10.2. The van der Waals surface area contributed by atoms with E-state index in [1.165, 1.54) is 0 Å². The highest BCUT2D eigenvalue weighted by Gasteiger charge is 1.99. The maximum atomic E-state index is 5.61. The molecule has 0 aliphatic carbocycles. The average Bonchev–Trinajstić information content (AvgIpc) is 2.41. The zero-order chi connectivity index (χ0) is 11.9. The van der Waals surface area contributed by atoms with Gasteiger partial charge < -0.3 is 10.5 Å². The van der Waals surface area contributed by atoms with Crippen molar-refractivity contribution in [2.75, 3.05) is 13.2 Å². The van der Waals surface area contributed by atoms with Gasteiger partial charge in [0.05, 0.1) is 6.61 Å². The van der Waals surface area contributed by atoms with Crippen LogP contribution in [0.5, 0.6) is 5.75 Å². The zero-order valence-electron chi connectivity index (χ0n) is 9.67. The zero-order valence-corrected chi connectivity index (χ0v) is 9.67. The lowest BCUT2D eigenvalue weighted by molar-refractivity contribution is 0.313. The molecule has 2 rings (SSSR count). The van der Waals surface area contributed by atoms with E-state index in [9.17, 15) is 0 Å². The summed E-state index contributed by atoms with van der Waals surface area (Å²) in [6.45, 7) is 1.31. The molecular formula is C14H16N2O. The van der Waals surface area contributed by atoms with E-state index in [4.69, 9.17) is 10.5 Å². The van der Waals surface area contributed by atoms with Crippen molar-refractivity contribution in [2.24, 2.45) is 5.73 Å². The largest absolute Gasteiger partial charge is 0.494 e. The Bertz CT molecular complexity index is 457. The predicted molar refractivity (Wildman–Crippen MR) is 68.8 cm³/mol. The van der Waals surface area contributed by atoms with E-state index >= 15 is 0 Å². The lowest BCUT2D eigenvalue weighted by atomic mass is 10.1. The maximum Gasteiger partial charge on any atom is 0.119 e. The molecule has 0 radical (unpaired) electrons. The van der Waals surface area contributed by atoms with Gasteiger partial charge in [0.15, 0.2) is 0 Å². The van der Waals surface area contributed by atoms with Crippen LogP contribution < -0.4 is 10.5 Å². The SMILES string of the molecule is NCCCOc1cccc(-c2cccnc2)c1. The Labute approximate surface area is 101 Å². The molecule has 0 amide bonds. The molecular weight excluding hydrogens is 212 g/mol.